The fourth-order valence-corrected chi connectivity index (χ4v) is 3.78. The summed E-state index contributed by atoms with van der Waals surface area (Å²) >= 11 is 0. The molecule has 0 radical (unpaired) electrons. The van der Waals surface area contributed by atoms with E-state index >= 15 is 0 Å². The minimum absolute atomic E-state index is 0.0126. The molecule has 2 aliphatic rings. The van der Waals surface area contributed by atoms with Crippen LogP contribution in [0.25, 0.3) is 11.0 Å². The molecule has 2 atom stereocenters. The minimum atomic E-state index is -0.304. The highest BCUT2D eigenvalue weighted by Crippen LogP contribution is 2.39. The Morgan fingerprint density at radius 1 is 0.958 bits per heavy atom. The van der Waals surface area contributed by atoms with E-state index in [9.17, 15) is 4.79 Å². The molecule has 0 fully saturated rings. The first-order valence-electron chi connectivity index (χ1n) is 8.16. The van der Waals surface area contributed by atoms with E-state index in [0.717, 1.165) is 34.4 Å². The number of hydrogen-bond acceptors (Lipinski definition) is 4. The van der Waals surface area contributed by atoms with E-state index in [2.05, 4.69) is 6.07 Å². The Morgan fingerprint density at radius 3 is 2.42 bits per heavy atom. The molecule has 4 nitrogen and oxygen atoms in total. The maximum absolute atomic E-state index is 11.8. The van der Waals surface area contributed by atoms with Gasteiger partial charge in [0.25, 0.3) is 0 Å². The Morgan fingerprint density at radius 2 is 1.67 bits per heavy atom. The average Bonchev–Trinajstić information content (AvgIpc) is 2.58. The van der Waals surface area contributed by atoms with Crippen LogP contribution in [0.2, 0.25) is 0 Å². The third kappa shape index (κ3) is 1.96. The molecule has 2 aromatic carbocycles. The standard InChI is InChI=1S/C20H16O4/c1-11-8-19(21)24-20-13(11)7-6-12-9-17-18(10-14(12)20)23-16-5-3-2-4-15(16)22-17/h2-8,17-18H,9-10H2,1H3/t17-,18+/m1/s1. The monoisotopic (exact) mass is 320 g/mol. The number of rotatable bonds is 0. The van der Waals surface area contributed by atoms with Crippen LogP contribution in [-0.4, -0.2) is 12.2 Å². The Balaban J connectivity index is 1.63. The van der Waals surface area contributed by atoms with Crippen LogP contribution in [-0.2, 0) is 12.8 Å². The molecule has 1 aliphatic carbocycles. The molecule has 0 bridgehead atoms. The summed E-state index contributed by atoms with van der Waals surface area (Å²) in [7, 11) is 0. The number of ether oxygens (including phenoxy) is 2. The highest BCUT2D eigenvalue weighted by molar-refractivity contribution is 5.84. The quantitative estimate of drug-likeness (QED) is 0.596. The lowest BCUT2D eigenvalue weighted by atomic mass is 9.85. The van der Waals surface area contributed by atoms with Gasteiger partial charge in [0, 0.05) is 29.9 Å². The largest absolute Gasteiger partial charge is 0.482 e. The van der Waals surface area contributed by atoms with Gasteiger partial charge in [0.1, 0.15) is 17.8 Å². The van der Waals surface area contributed by atoms with Crippen LogP contribution >= 0.6 is 0 Å². The van der Waals surface area contributed by atoms with Crippen LogP contribution in [0.15, 0.2) is 51.7 Å². The van der Waals surface area contributed by atoms with E-state index in [0.29, 0.717) is 12.0 Å². The predicted molar refractivity (Wildman–Crippen MR) is 89.9 cm³/mol. The Hall–Kier alpha value is -2.75. The summed E-state index contributed by atoms with van der Waals surface area (Å²) in [5, 5.41) is 0.990. The second-order valence-corrected chi connectivity index (χ2v) is 6.50. The van der Waals surface area contributed by atoms with Crippen LogP contribution < -0.4 is 15.1 Å². The van der Waals surface area contributed by atoms with Gasteiger partial charge in [-0.1, -0.05) is 24.3 Å². The summed E-state index contributed by atoms with van der Waals surface area (Å²) in [6, 6.07) is 13.4. The molecule has 2 heterocycles. The van der Waals surface area contributed by atoms with Crippen molar-refractivity contribution >= 4 is 11.0 Å². The van der Waals surface area contributed by atoms with Crippen molar-refractivity contribution in [2.75, 3.05) is 0 Å². The van der Waals surface area contributed by atoms with E-state index in [-0.39, 0.29) is 17.8 Å². The van der Waals surface area contributed by atoms with E-state index in [1.54, 1.807) is 0 Å². The lowest BCUT2D eigenvalue weighted by Gasteiger charge is -2.37. The first kappa shape index (κ1) is 13.7. The Bertz CT molecular complexity index is 1020. The van der Waals surface area contributed by atoms with Gasteiger partial charge < -0.3 is 13.9 Å². The van der Waals surface area contributed by atoms with Gasteiger partial charge in [-0.2, -0.15) is 0 Å². The maximum atomic E-state index is 11.8. The Kier molecular flexibility index (Phi) is 2.77. The summed E-state index contributed by atoms with van der Waals surface area (Å²) in [5.74, 6) is 1.57. The molecule has 1 aromatic heterocycles. The first-order valence-corrected chi connectivity index (χ1v) is 8.16. The van der Waals surface area contributed by atoms with Crippen LogP contribution in [0.1, 0.15) is 16.7 Å². The smallest absolute Gasteiger partial charge is 0.336 e. The predicted octanol–water partition coefficient (Wildman–Crippen LogP) is 3.41. The van der Waals surface area contributed by atoms with Crippen LogP contribution in [0.4, 0.5) is 0 Å². The van der Waals surface area contributed by atoms with Crippen LogP contribution in [0.3, 0.4) is 0 Å². The van der Waals surface area contributed by atoms with Gasteiger partial charge in [-0.05, 0) is 30.2 Å². The normalized spacial score (nSPS) is 21.2. The molecule has 3 aromatic rings. The zero-order chi connectivity index (χ0) is 16.3. The van der Waals surface area contributed by atoms with Gasteiger partial charge in [-0.3, -0.25) is 0 Å². The number of para-hydroxylation sites is 2. The third-order valence-electron chi connectivity index (χ3n) is 4.97. The van der Waals surface area contributed by atoms with Crippen molar-refractivity contribution in [1.29, 1.82) is 0 Å². The molecular formula is C20H16O4. The highest BCUT2D eigenvalue weighted by Gasteiger charge is 2.37. The van der Waals surface area contributed by atoms with Crippen molar-refractivity contribution < 1.29 is 13.9 Å². The van der Waals surface area contributed by atoms with Crippen LogP contribution in [0.5, 0.6) is 11.5 Å². The SMILES string of the molecule is Cc1cc(=O)oc2c3c(ccc12)C[C@H]1Oc2ccccc2O[C@H]1C3. The average molecular weight is 320 g/mol. The molecule has 1 aliphatic heterocycles. The molecule has 0 saturated heterocycles. The highest BCUT2D eigenvalue weighted by atomic mass is 16.6. The molecule has 0 N–H and O–H groups in total. The zero-order valence-electron chi connectivity index (χ0n) is 13.2. The molecule has 120 valence electrons. The zero-order valence-corrected chi connectivity index (χ0v) is 13.2. The van der Waals surface area contributed by atoms with Gasteiger partial charge in [0.05, 0.1) is 0 Å². The van der Waals surface area contributed by atoms with Crippen molar-refractivity contribution in [2.45, 2.75) is 32.0 Å². The number of benzene rings is 2. The van der Waals surface area contributed by atoms with E-state index < -0.39 is 0 Å². The van der Waals surface area contributed by atoms with Crippen molar-refractivity contribution in [2.24, 2.45) is 0 Å². The fourth-order valence-electron chi connectivity index (χ4n) is 3.78. The molecular weight excluding hydrogens is 304 g/mol. The number of fused-ring (bicyclic) bond motifs is 5. The molecule has 0 unspecified atom stereocenters. The third-order valence-corrected chi connectivity index (χ3v) is 4.97. The summed E-state index contributed by atoms with van der Waals surface area (Å²) in [6.45, 7) is 1.94. The van der Waals surface area contributed by atoms with Gasteiger partial charge in [-0.25, -0.2) is 4.79 Å². The molecule has 5 rings (SSSR count). The molecule has 0 spiro atoms. The first-order chi connectivity index (χ1) is 11.7. The van der Waals surface area contributed by atoms with Gasteiger partial charge in [0.2, 0.25) is 0 Å². The molecule has 0 saturated carbocycles. The second kappa shape index (κ2) is 4.87. The lowest BCUT2D eigenvalue weighted by Crippen LogP contribution is -2.45. The minimum Gasteiger partial charge on any atom is -0.482 e. The van der Waals surface area contributed by atoms with E-state index in [1.807, 2.05) is 37.3 Å². The molecule has 24 heavy (non-hydrogen) atoms. The second-order valence-electron chi connectivity index (χ2n) is 6.50. The lowest BCUT2D eigenvalue weighted by molar-refractivity contribution is 0.0155. The number of hydrogen-bond donors (Lipinski definition) is 0. The van der Waals surface area contributed by atoms with Gasteiger partial charge in [-0.15, -0.1) is 0 Å². The summed E-state index contributed by atoms with van der Waals surface area (Å²) < 4.78 is 17.8. The molecule has 0 amide bonds. The topological polar surface area (TPSA) is 48.7 Å². The van der Waals surface area contributed by atoms with Gasteiger partial charge >= 0.3 is 5.63 Å². The molecule has 4 heteroatoms. The Labute approximate surface area is 138 Å². The van der Waals surface area contributed by atoms with Crippen LogP contribution in [0, 0.1) is 6.92 Å². The van der Waals surface area contributed by atoms with Crippen molar-refractivity contribution in [3.05, 3.63) is 69.6 Å². The number of aryl methyl sites for hydroxylation is 1. The summed E-state index contributed by atoms with van der Waals surface area (Å²) in [5.41, 5.74) is 3.57. The van der Waals surface area contributed by atoms with Crippen molar-refractivity contribution in [3.8, 4) is 11.5 Å². The van der Waals surface area contributed by atoms with Crippen molar-refractivity contribution in [3.63, 3.8) is 0 Å². The fraction of sp³-hybridized carbons (Fsp3) is 0.250. The van der Waals surface area contributed by atoms with Crippen molar-refractivity contribution in [1.82, 2.24) is 0 Å². The maximum Gasteiger partial charge on any atom is 0.336 e. The summed E-state index contributed by atoms with van der Waals surface area (Å²) in [6.07, 6.45) is 1.35. The van der Waals surface area contributed by atoms with E-state index in [1.165, 1.54) is 11.6 Å². The van der Waals surface area contributed by atoms with E-state index in [4.69, 9.17) is 13.9 Å². The summed E-state index contributed by atoms with van der Waals surface area (Å²) in [4.78, 5) is 11.8. The van der Waals surface area contributed by atoms with Gasteiger partial charge in [0.15, 0.2) is 11.5 Å².